The first-order valence-corrected chi connectivity index (χ1v) is 9.92. The summed E-state index contributed by atoms with van der Waals surface area (Å²) in [7, 11) is -3.81. The molecule has 0 spiro atoms. The molecule has 0 atom stereocenters. The quantitative estimate of drug-likeness (QED) is 0.891. The van der Waals surface area contributed by atoms with Crippen molar-refractivity contribution in [3.05, 3.63) is 48.0 Å². The number of nitrogens with zero attached hydrogens (tertiary/aromatic N) is 2. The predicted octanol–water partition coefficient (Wildman–Crippen LogP) is 2.20. The van der Waals surface area contributed by atoms with Crippen LogP contribution in [0.4, 0.5) is 5.69 Å². The maximum atomic E-state index is 12.9. The average Bonchev–Trinajstić information content (AvgIpc) is 2.62. The van der Waals surface area contributed by atoms with Crippen LogP contribution in [0.2, 0.25) is 0 Å². The first-order chi connectivity index (χ1) is 12.3. The molecule has 0 unspecified atom stereocenters. The molecular formula is C19H22N2O4S. The number of hydrogen-bond donors (Lipinski definition) is 1. The molecule has 0 saturated carbocycles. The fourth-order valence-corrected chi connectivity index (χ4v) is 4.41. The number of amides is 1. The number of phenolic OH excluding ortho intramolecular Hbond substituents is 1. The summed E-state index contributed by atoms with van der Waals surface area (Å²) in [6, 6.07) is 11.2. The largest absolute Gasteiger partial charge is 0.507 e. The van der Waals surface area contributed by atoms with E-state index in [1.54, 1.807) is 42.2 Å². The number of sulfone groups is 1. The van der Waals surface area contributed by atoms with Gasteiger partial charge in [0.15, 0.2) is 0 Å². The van der Waals surface area contributed by atoms with E-state index in [0.717, 1.165) is 11.3 Å². The topological polar surface area (TPSA) is 77.9 Å². The van der Waals surface area contributed by atoms with Crippen LogP contribution in [0.1, 0.15) is 12.5 Å². The van der Waals surface area contributed by atoms with E-state index >= 15 is 0 Å². The molecule has 3 rings (SSSR count). The summed E-state index contributed by atoms with van der Waals surface area (Å²) in [5.41, 5.74) is 1.68. The zero-order chi connectivity index (χ0) is 18.9. The molecule has 0 aliphatic carbocycles. The molecule has 26 heavy (non-hydrogen) atoms. The van der Waals surface area contributed by atoms with E-state index in [1.165, 1.54) is 12.1 Å². The molecule has 6 nitrogen and oxygen atoms in total. The molecule has 1 N–H and O–H groups in total. The SMILES string of the molecule is CC(=O)N1CCN(c2ccc(O)c(S(=O)(=O)c3ccc(C)cc3)c2)CC1. The fourth-order valence-electron chi connectivity index (χ4n) is 3.04. The second kappa shape index (κ2) is 6.99. The number of piperazine rings is 1. The standard InChI is InChI=1S/C19H22N2O4S/c1-14-3-6-17(7-4-14)26(24,25)19-13-16(5-8-18(19)23)21-11-9-20(10-12-21)15(2)22/h3-8,13,23H,9-12H2,1-2H3. The molecule has 138 valence electrons. The van der Waals surface area contributed by atoms with Gasteiger partial charge in [0, 0.05) is 38.8 Å². The third-order valence-corrected chi connectivity index (χ3v) is 6.45. The van der Waals surface area contributed by atoms with Gasteiger partial charge in [0.2, 0.25) is 15.7 Å². The second-order valence-corrected chi connectivity index (χ2v) is 8.38. The Bertz CT molecular complexity index is 915. The van der Waals surface area contributed by atoms with Crippen molar-refractivity contribution in [1.29, 1.82) is 0 Å². The van der Waals surface area contributed by atoms with Crippen LogP contribution in [-0.2, 0) is 14.6 Å². The van der Waals surface area contributed by atoms with Crippen molar-refractivity contribution in [2.75, 3.05) is 31.1 Å². The van der Waals surface area contributed by atoms with E-state index in [0.29, 0.717) is 26.2 Å². The summed E-state index contributed by atoms with van der Waals surface area (Å²) in [6.45, 7) is 5.85. The lowest BCUT2D eigenvalue weighted by Gasteiger charge is -2.35. The molecule has 1 saturated heterocycles. The smallest absolute Gasteiger partial charge is 0.219 e. The highest BCUT2D eigenvalue weighted by atomic mass is 32.2. The number of carbonyl (C=O) groups excluding carboxylic acids is 1. The molecule has 1 aliphatic heterocycles. The van der Waals surface area contributed by atoms with Crippen LogP contribution in [-0.4, -0.2) is 50.5 Å². The number of phenols is 1. The Hall–Kier alpha value is -2.54. The van der Waals surface area contributed by atoms with Gasteiger partial charge < -0.3 is 14.9 Å². The molecule has 1 fully saturated rings. The maximum absolute atomic E-state index is 12.9. The molecule has 0 radical (unpaired) electrons. The van der Waals surface area contributed by atoms with Crippen LogP contribution in [0.15, 0.2) is 52.3 Å². The van der Waals surface area contributed by atoms with Crippen molar-refractivity contribution < 1.29 is 18.3 Å². The van der Waals surface area contributed by atoms with Gasteiger partial charge in [-0.1, -0.05) is 17.7 Å². The van der Waals surface area contributed by atoms with Gasteiger partial charge in [-0.25, -0.2) is 8.42 Å². The van der Waals surface area contributed by atoms with Crippen molar-refractivity contribution >= 4 is 21.4 Å². The number of aromatic hydroxyl groups is 1. The maximum Gasteiger partial charge on any atom is 0.219 e. The first-order valence-electron chi connectivity index (χ1n) is 8.44. The Morgan fingerprint density at radius 2 is 1.62 bits per heavy atom. The molecule has 1 heterocycles. The molecule has 2 aromatic carbocycles. The summed E-state index contributed by atoms with van der Waals surface area (Å²) in [5.74, 6) is -0.227. The normalized spacial score (nSPS) is 15.2. The lowest BCUT2D eigenvalue weighted by Crippen LogP contribution is -2.48. The van der Waals surface area contributed by atoms with Gasteiger partial charge in [0.25, 0.3) is 0 Å². The van der Waals surface area contributed by atoms with E-state index in [2.05, 4.69) is 0 Å². The summed E-state index contributed by atoms with van der Waals surface area (Å²) < 4.78 is 25.8. The Morgan fingerprint density at radius 1 is 1.00 bits per heavy atom. The number of hydrogen-bond acceptors (Lipinski definition) is 5. The molecule has 0 bridgehead atoms. The second-order valence-electron chi connectivity index (χ2n) is 6.46. The van der Waals surface area contributed by atoms with E-state index in [9.17, 15) is 18.3 Å². The van der Waals surface area contributed by atoms with Gasteiger partial charge in [-0.15, -0.1) is 0 Å². The van der Waals surface area contributed by atoms with Crippen molar-refractivity contribution in [3.63, 3.8) is 0 Å². The highest BCUT2D eigenvalue weighted by Crippen LogP contribution is 2.32. The van der Waals surface area contributed by atoms with Gasteiger partial charge in [-0.05, 0) is 37.3 Å². The minimum Gasteiger partial charge on any atom is -0.507 e. The number of aryl methyl sites for hydroxylation is 1. The van der Waals surface area contributed by atoms with Crippen LogP contribution in [0, 0.1) is 6.92 Å². The Balaban J connectivity index is 1.91. The summed E-state index contributed by atoms with van der Waals surface area (Å²) in [5, 5.41) is 10.1. The molecule has 7 heteroatoms. The summed E-state index contributed by atoms with van der Waals surface area (Å²) in [4.78, 5) is 15.3. The van der Waals surface area contributed by atoms with Crippen LogP contribution in [0.5, 0.6) is 5.75 Å². The lowest BCUT2D eigenvalue weighted by atomic mass is 10.2. The fraction of sp³-hybridized carbons (Fsp3) is 0.316. The van der Waals surface area contributed by atoms with Crippen molar-refractivity contribution in [3.8, 4) is 5.75 Å². The van der Waals surface area contributed by atoms with Crippen LogP contribution in [0.25, 0.3) is 0 Å². The summed E-state index contributed by atoms with van der Waals surface area (Å²) in [6.07, 6.45) is 0. The van der Waals surface area contributed by atoms with Gasteiger partial charge >= 0.3 is 0 Å². The third-order valence-electron chi connectivity index (χ3n) is 4.65. The molecule has 1 amide bonds. The predicted molar refractivity (Wildman–Crippen MR) is 99.2 cm³/mol. The Morgan fingerprint density at radius 3 is 2.19 bits per heavy atom. The lowest BCUT2D eigenvalue weighted by molar-refractivity contribution is -0.129. The van der Waals surface area contributed by atoms with Crippen molar-refractivity contribution in [1.82, 2.24) is 4.90 Å². The zero-order valence-corrected chi connectivity index (χ0v) is 15.7. The van der Waals surface area contributed by atoms with Crippen molar-refractivity contribution in [2.24, 2.45) is 0 Å². The number of rotatable bonds is 3. The van der Waals surface area contributed by atoms with E-state index in [-0.39, 0.29) is 21.4 Å². The first kappa shape index (κ1) is 18.3. The van der Waals surface area contributed by atoms with E-state index in [4.69, 9.17) is 0 Å². The average molecular weight is 374 g/mol. The number of carbonyl (C=O) groups is 1. The number of anilines is 1. The molecule has 1 aliphatic rings. The van der Waals surface area contributed by atoms with Gasteiger partial charge in [0.05, 0.1) is 4.90 Å². The Labute approximate surface area is 153 Å². The molecule has 0 aromatic heterocycles. The molecule has 2 aromatic rings. The minimum atomic E-state index is -3.81. The highest BCUT2D eigenvalue weighted by molar-refractivity contribution is 7.91. The third kappa shape index (κ3) is 3.53. The monoisotopic (exact) mass is 374 g/mol. The van der Waals surface area contributed by atoms with Crippen LogP contribution < -0.4 is 4.90 Å². The van der Waals surface area contributed by atoms with Gasteiger partial charge in [-0.2, -0.15) is 0 Å². The van der Waals surface area contributed by atoms with E-state index < -0.39 is 9.84 Å². The molecular weight excluding hydrogens is 352 g/mol. The minimum absolute atomic E-state index is 0.0398. The van der Waals surface area contributed by atoms with E-state index in [1.807, 2.05) is 11.8 Å². The van der Waals surface area contributed by atoms with Gasteiger partial charge in [0.1, 0.15) is 10.6 Å². The van der Waals surface area contributed by atoms with Crippen molar-refractivity contribution in [2.45, 2.75) is 23.6 Å². The zero-order valence-electron chi connectivity index (χ0n) is 14.8. The highest BCUT2D eigenvalue weighted by Gasteiger charge is 2.24. The van der Waals surface area contributed by atoms with Gasteiger partial charge in [-0.3, -0.25) is 4.79 Å². The Kier molecular flexibility index (Phi) is 4.91. The summed E-state index contributed by atoms with van der Waals surface area (Å²) >= 11 is 0. The number of benzene rings is 2. The van der Waals surface area contributed by atoms with Crippen LogP contribution >= 0.6 is 0 Å². The van der Waals surface area contributed by atoms with Crippen LogP contribution in [0.3, 0.4) is 0 Å².